The number of rotatable bonds is 8. The van der Waals surface area contributed by atoms with Crippen molar-refractivity contribution in [3.8, 4) is 0 Å². The van der Waals surface area contributed by atoms with Crippen molar-refractivity contribution in [2.45, 2.75) is 19.0 Å². The van der Waals surface area contributed by atoms with Gasteiger partial charge in [0.2, 0.25) is 8.32 Å². The second kappa shape index (κ2) is 7.14. The molecule has 0 fully saturated rings. The molecule has 2 heteroatoms. The number of hydrogen-bond acceptors (Lipinski definition) is 1. The van der Waals surface area contributed by atoms with Crippen LogP contribution in [0.1, 0.15) is 12.5 Å². The van der Waals surface area contributed by atoms with E-state index in [0.717, 1.165) is 24.3 Å². The smallest absolute Gasteiger partial charge is 0.231 e. The van der Waals surface area contributed by atoms with E-state index in [2.05, 4.69) is 44.0 Å². The highest BCUT2D eigenvalue weighted by molar-refractivity contribution is 6.87. The third-order valence-electron chi connectivity index (χ3n) is 3.04. The first-order valence-corrected chi connectivity index (χ1v) is 8.63. The highest BCUT2D eigenvalue weighted by Gasteiger charge is 2.34. The Labute approximate surface area is 112 Å². The standard InChI is InChI=1S/C16H22OSi/c1-5-13-18(14-6-2,17-8-4)16-11-9-15(7-3)10-12-16/h5-7,9-12H,1-3,8,13-14H2,4H3. The molecule has 0 saturated carbocycles. The molecule has 0 heterocycles. The molecule has 0 aliphatic rings. The molecular weight excluding hydrogens is 236 g/mol. The summed E-state index contributed by atoms with van der Waals surface area (Å²) in [5, 5.41) is 1.30. The van der Waals surface area contributed by atoms with E-state index in [4.69, 9.17) is 4.43 Å². The Balaban J connectivity index is 3.15. The molecule has 0 radical (unpaired) electrons. The molecule has 0 aromatic heterocycles. The van der Waals surface area contributed by atoms with Gasteiger partial charge in [-0.15, -0.1) is 13.2 Å². The predicted molar refractivity (Wildman–Crippen MR) is 83.6 cm³/mol. The molecule has 0 spiro atoms. The van der Waals surface area contributed by atoms with Gasteiger partial charge in [0.1, 0.15) is 0 Å². The summed E-state index contributed by atoms with van der Waals surface area (Å²) in [6.45, 7) is 14.3. The van der Waals surface area contributed by atoms with Gasteiger partial charge in [0, 0.05) is 6.61 Å². The van der Waals surface area contributed by atoms with Gasteiger partial charge in [0.15, 0.2) is 0 Å². The number of benzene rings is 1. The Morgan fingerprint density at radius 2 is 1.61 bits per heavy atom. The summed E-state index contributed by atoms with van der Waals surface area (Å²) >= 11 is 0. The summed E-state index contributed by atoms with van der Waals surface area (Å²) < 4.78 is 6.14. The molecule has 1 aromatic carbocycles. The molecule has 0 amide bonds. The van der Waals surface area contributed by atoms with Crippen LogP contribution < -0.4 is 5.19 Å². The van der Waals surface area contributed by atoms with Gasteiger partial charge < -0.3 is 4.43 Å². The van der Waals surface area contributed by atoms with Gasteiger partial charge in [-0.25, -0.2) is 0 Å². The molecule has 0 saturated heterocycles. The van der Waals surface area contributed by atoms with Crippen molar-refractivity contribution in [1.82, 2.24) is 0 Å². The Kier molecular flexibility index (Phi) is 5.82. The van der Waals surface area contributed by atoms with Crippen LogP contribution in [0, 0.1) is 0 Å². The van der Waals surface area contributed by atoms with Crippen molar-refractivity contribution < 1.29 is 4.43 Å². The fourth-order valence-corrected chi connectivity index (χ4v) is 5.49. The lowest BCUT2D eigenvalue weighted by Crippen LogP contribution is -2.50. The molecule has 1 nitrogen and oxygen atoms in total. The molecule has 0 aliphatic carbocycles. The zero-order valence-corrected chi connectivity index (χ0v) is 12.2. The summed E-state index contributed by atoms with van der Waals surface area (Å²) in [5.74, 6) is 0. The average molecular weight is 258 g/mol. The minimum Gasteiger partial charge on any atom is -0.412 e. The largest absolute Gasteiger partial charge is 0.412 e. The van der Waals surface area contributed by atoms with Crippen molar-refractivity contribution in [3.05, 3.63) is 61.7 Å². The van der Waals surface area contributed by atoms with E-state index in [0.29, 0.717) is 0 Å². The summed E-state index contributed by atoms with van der Waals surface area (Å²) in [6, 6.07) is 10.3. The van der Waals surface area contributed by atoms with Crippen LogP contribution in [-0.4, -0.2) is 14.9 Å². The SMILES string of the molecule is C=CC[Si](CC=C)(OCC)c1ccc(C=C)cc1. The van der Waals surface area contributed by atoms with E-state index >= 15 is 0 Å². The lowest BCUT2D eigenvalue weighted by atomic mass is 10.2. The Hall–Kier alpha value is -1.38. The van der Waals surface area contributed by atoms with Crippen molar-refractivity contribution in [2.24, 2.45) is 0 Å². The van der Waals surface area contributed by atoms with Crippen molar-refractivity contribution in [3.63, 3.8) is 0 Å². The van der Waals surface area contributed by atoms with Crippen LogP contribution in [0.15, 0.2) is 56.2 Å². The zero-order chi connectivity index (χ0) is 13.4. The van der Waals surface area contributed by atoms with Crippen LogP contribution in [0.4, 0.5) is 0 Å². The van der Waals surface area contributed by atoms with Gasteiger partial charge in [0.25, 0.3) is 0 Å². The first-order chi connectivity index (χ1) is 8.72. The van der Waals surface area contributed by atoms with E-state index in [-0.39, 0.29) is 0 Å². The molecular formula is C16H22OSi. The lowest BCUT2D eigenvalue weighted by Gasteiger charge is -2.29. The summed E-state index contributed by atoms with van der Waals surface area (Å²) in [4.78, 5) is 0. The maximum atomic E-state index is 6.14. The van der Waals surface area contributed by atoms with Crippen molar-refractivity contribution >= 4 is 19.6 Å². The molecule has 0 unspecified atom stereocenters. The Morgan fingerprint density at radius 1 is 1.06 bits per heavy atom. The van der Waals surface area contributed by atoms with E-state index < -0.39 is 8.32 Å². The monoisotopic (exact) mass is 258 g/mol. The zero-order valence-electron chi connectivity index (χ0n) is 11.2. The molecule has 18 heavy (non-hydrogen) atoms. The maximum absolute atomic E-state index is 6.14. The first kappa shape index (κ1) is 14.7. The van der Waals surface area contributed by atoms with Crippen LogP contribution >= 0.6 is 0 Å². The molecule has 1 aromatic rings. The summed E-state index contributed by atoms with van der Waals surface area (Å²) in [7, 11) is -1.98. The first-order valence-electron chi connectivity index (χ1n) is 6.31. The third kappa shape index (κ3) is 3.31. The second-order valence-electron chi connectivity index (χ2n) is 4.24. The quantitative estimate of drug-likeness (QED) is 0.508. The lowest BCUT2D eigenvalue weighted by molar-refractivity contribution is 0.333. The number of allylic oxidation sites excluding steroid dienone is 2. The number of hydrogen-bond donors (Lipinski definition) is 0. The van der Waals surface area contributed by atoms with E-state index in [1.54, 1.807) is 0 Å². The fourth-order valence-electron chi connectivity index (χ4n) is 2.19. The fraction of sp³-hybridized carbons (Fsp3) is 0.250. The van der Waals surface area contributed by atoms with E-state index in [9.17, 15) is 0 Å². The third-order valence-corrected chi connectivity index (χ3v) is 7.16. The van der Waals surface area contributed by atoms with Crippen molar-refractivity contribution in [1.29, 1.82) is 0 Å². The van der Waals surface area contributed by atoms with Crippen LogP contribution in [0.3, 0.4) is 0 Å². The average Bonchev–Trinajstić information content (AvgIpc) is 2.39. The molecule has 0 N–H and O–H groups in total. The van der Waals surface area contributed by atoms with Crippen LogP contribution in [-0.2, 0) is 4.43 Å². The van der Waals surface area contributed by atoms with Gasteiger partial charge in [-0.2, -0.15) is 0 Å². The summed E-state index contributed by atoms with van der Waals surface area (Å²) in [5.41, 5.74) is 1.13. The minimum atomic E-state index is -1.98. The van der Waals surface area contributed by atoms with Crippen molar-refractivity contribution in [2.75, 3.05) is 6.61 Å². The Bertz CT molecular complexity index is 396. The van der Waals surface area contributed by atoms with Gasteiger partial charge in [0.05, 0.1) is 0 Å². The molecule has 96 valence electrons. The normalized spacial score (nSPS) is 10.9. The van der Waals surface area contributed by atoms with Gasteiger partial charge in [-0.1, -0.05) is 49.1 Å². The minimum absolute atomic E-state index is 0.733. The Morgan fingerprint density at radius 3 is 2.00 bits per heavy atom. The van der Waals surface area contributed by atoms with Crippen LogP contribution in [0.2, 0.25) is 12.1 Å². The molecule has 1 rings (SSSR count). The van der Waals surface area contributed by atoms with E-state index in [1.807, 2.05) is 25.2 Å². The van der Waals surface area contributed by atoms with Crippen LogP contribution in [0.25, 0.3) is 6.08 Å². The van der Waals surface area contributed by atoms with Gasteiger partial charge in [-0.05, 0) is 29.8 Å². The predicted octanol–water partition coefficient (Wildman–Crippen LogP) is 3.89. The molecule has 0 atom stereocenters. The van der Waals surface area contributed by atoms with Gasteiger partial charge >= 0.3 is 0 Å². The molecule has 0 bridgehead atoms. The topological polar surface area (TPSA) is 9.23 Å². The summed E-state index contributed by atoms with van der Waals surface area (Å²) in [6.07, 6.45) is 5.79. The van der Waals surface area contributed by atoms with E-state index in [1.165, 1.54) is 5.19 Å². The highest BCUT2D eigenvalue weighted by Crippen LogP contribution is 2.19. The maximum Gasteiger partial charge on any atom is 0.231 e. The highest BCUT2D eigenvalue weighted by atomic mass is 28.4. The molecule has 0 aliphatic heterocycles. The second-order valence-corrected chi connectivity index (χ2v) is 7.91. The van der Waals surface area contributed by atoms with Crippen LogP contribution in [0.5, 0.6) is 0 Å². The van der Waals surface area contributed by atoms with Gasteiger partial charge in [-0.3, -0.25) is 0 Å².